The maximum Gasteiger partial charge on any atom is 0.243 e. The van der Waals surface area contributed by atoms with Crippen LogP contribution in [0.5, 0.6) is 0 Å². The average Bonchev–Trinajstić information content (AvgIpc) is 3.04. The normalized spacial score (nSPS) is 18.6. The highest BCUT2D eigenvalue weighted by Crippen LogP contribution is 2.37. The van der Waals surface area contributed by atoms with E-state index >= 15 is 0 Å². The lowest BCUT2D eigenvalue weighted by atomic mass is 9.98. The Hall–Kier alpha value is -1.79. The number of carbonyl (C=O) groups is 2. The number of hydrogen-bond acceptors (Lipinski definition) is 5. The summed E-state index contributed by atoms with van der Waals surface area (Å²) < 4.78 is 0. The number of imide groups is 1. The van der Waals surface area contributed by atoms with Gasteiger partial charge in [0.15, 0.2) is 0 Å². The van der Waals surface area contributed by atoms with Gasteiger partial charge in [-0.1, -0.05) is 48.1 Å². The molecule has 2 aromatic rings. The molecule has 0 aliphatic carbocycles. The first kappa shape index (κ1) is 14.2. The molecule has 3 rings (SSSR count). The van der Waals surface area contributed by atoms with Gasteiger partial charge in [0.05, 0.1) is 5.92 Å². The lowest BCUT2D eigenvalue weighted by Crippen LogP contribution is -2.30. The molecule has 0 radical (unpaired) electrons. The SMILES string of the molecule is CCc1nnc(N2C(=O)CC(c3ccccc3Cl)C2=O)s1. The van der Waals surface area contributed by atoms with E-state index < -0.39 is 5.92 Å². The Balaban J connectivity index is 1.94. The van der Waals surface area contributed by atoms with Crippen molar-refractivity contribution in [3.05, 3.63) is 39.9 Å². The van der Waals surface area contributed by atoms with E-state index in [-0.39, 0.29) is 18.2 Å². The van der Waals surface area contributed by atoms with Crippen molar-refractivity contribution in [3.63, 3.8) is 0 Å². The van der Waals surface area contributed by atoms with Crippen molar-refractivity contribution >= 4 is 39.9 Å². The summed E-state index contributed by atoms with van der Waals surface area (Å²) in [7, 11) is 0. The lowest BCUT2D eigenvalue weighted by Gasteiger charge is -2.11. The highest BCUT2D eigenvalue weighted by molar-refractivity contribution is 7.15. The summed E-state index contributed by atoms with van der Waals surface area (Å²) in [6, 6.07) is 7.10. The quantitative estimate of drug-likeness (QED) is 0.815. The molecule has 1 saturated heterocycles. The monoisotopic (exact) mass is 321 g/mol. The number of carbonyl (C=O) groups excluding carboxylic acids is 2. The third-order valence-corrected chi connectivity index (χ3v) is 4.77. The van der Waals surface area contributed by atoms with Crippen molar-refractivity contribution in [2.45, 2.75) is 25.7 Å². The highest BCUT2D eigenvalue weighted by Gasteiger charge is 2.42. The second-order valence-electron chi connectivity index (χ2n) is 4.68. The van der Waals surface area contributed by atoms with Crippen LogP contribution in [-0.4, -0.2) is 22.0 Å². The fraction of sp³-hybridized carbons (Fsp3) is 0.286. The Labute approximate surface area is 130 Å². The van der Waals surface area contributed by atoms with Crippen molar-refractivity contribution in [1.82, 2.24) is 10.2 Å². The van der Waals surface area contributed by atoms with Crippen LogP contribution in [0.15, 0.2) is 24.3 Å². The number of hydrogen-bond donors (Lipinski definition) is 0. The van der Waals surface area contributed by atoms with Gasteiger partial charge in [-0.2, -0.15) is 0 Å². The molecule has 0 bridgehead atoms. The van der Waals surface area contributed by atoms with E-state index in [0.717, 1.165) is 16.3 Å². The molecule has 1 atom stereocenters. The van der Waals surface area contributed by atoms with Gasteiger partial charge in [-0.3, -0.25) is 9.59 Å². The predicted molar refractivity (Wildman–Crippen MR) is 80.6 cm³/mol. The van der Waals surface area contributed by atoms with Crippen molar-refractivity contribution in [3.8, 4) is 0 Å². The third-order valence-electron chi connectivity index (χ3n) is 3.38. The Morgan fingerprint density at radius 1 is 1.33 bits per heavy atom. The van der Waals surface area contributed by atoms with Gasteiger partial charge in [-0.15, -0.1) is 10.2 Å². The third kappa shape index (κ3) is 2.45. The van der Waals surface area contributed by atoms with E-state index in [2.05, 4.69) is 10.2 Å². The van der Waals surface area contributed by atoms with Gasteiger partial charge in [0.25, 0.3) is 0 Å². The summed E-state index contributed by atoms with van der Waals surface area (Å²) in [5.74, 6) is -1.09. The van der Waals surface area contributed by atoms with Gasteiger partial charge in [0.2, 0.25) is 16.9 Å². The van der Waals surface area contributed by atoms with Gasteiger partial charge < -0.3 is 0 Å². The van der Waals surface area contributed by atoms with Crippen molar-refractivity contribution in [1.29, 1.82) is 0 Å². The molecule has 1 aromatic carbocycles. The van der Waals surface area contributed by atoms with E-state index in [1.165, 1.54) is 11.3 Å². The molecule has 7 heteroatoms. The zero-order valence-electron chi connectivity index (χ0n) is 11.2. The van der Waals surface area contributed by atoms with E-state index in [9.17, 15) is 9.59 Å². The number of aromatic nitrogens is 2. The van der Waals surface area contributed by atoms with E-state index in [1.54, 1.807) is 18.2 Å². The number of nitrogens with zero attached hydrogens (tertiary/aromatic N) is 3. The largest absolute Gasteiger partial charge is 0.274 e. The molecule has 1 aromatic heterocycles. The second-order valence-corrected chi connectivity index (χ2v) is 6.13. The Bertz CT molecular complexity index is 716. The minimum atomic E-state index is -0.542. The zero-order valence-corrected chi connectivity index (χ0v) is 12.8. The van der Waals surface area contributed by atoms with E-state index in [4.69, 9.17) is 11.6 Å². The van der Waals surface area contributed by atoms with E-state index in [0.29, 0.717) is 15.7 Å². The van der Waals surface area contributed by atoms with Crippen LogP contribution in [0.4, 0.5) is 5.13 Å². The summed E-state index contributed by atoms with van der Waals surface area (Å²) in [6.07, 6.45) is 0.839. The second kappa shape index (κ2) is 5.54. The molecule has 2 heterocycles. The van der Waals surface area contributed by atoms with Gasteiger partial charge >= 0.3 is 0 Å². The Morgan fingerprint density at radius 2 is 2.10 bits per heavy atom. The summed E-state index contributed by atoms with van der Waals surface area (Å²) in [5.41, 5.74) is 0.681. The fourth-order valence-corrected chi connectivity index (χ4v) is 3.38. The van der Waals surface area contributed by atoms with Crippen LogP contribution in [0.2, 0.25) is 5.02 Å². The fourth-order valence-electron chi connectivity index (χ4n) is 2.31. The van der Waals surface area contributed by atoms with Crippen LogP contribution in [0.3, 0.4) is 0 Å². The van der Waals surface area contributed by atoms with Gasteiger partial charge in [-0.05, 0) is 18.1 Å². The van der Waals surface area contributed by atoms with Crippen LogP contribution in [0.1, 0.15) is 29.8 Å². The highest BCUT2D eigenvalue weighted by atomic mass is 35.5. The molecule has 0 spiro atoms. The number of amides is 2. The van der Waals surface area contributed by atoms with Crippen molar-refractivity contribution in [2.75, 3.05) is 4.90 Å². The van der Waals surface area contributed by atoms with Crippen molar-refractivity contribution < 1.29 is 9.59 Å². The zero-order chi connectivity index (χ0) is 15.0. The Morgan fingerprint density at radius 3 is 2.76 bits per heavy atom. The van der Waals surface area contributed by atoms with Crippen molar-refractivity contribution in [2.24, 2.45) is 0 Å². The predicted octanol–water partition coefficient (Wildman–Crippen LogP) is 2.80. The molecule has 1 aliphatic heterocycles. The summed E-state index contributed by atoms with van der Waals surface area (Å²) in [5, 5.41) is 9.54. The van der Waals surface area contributed by atoms with Crippen LogP contribution in [0, 0.1) is 0 Å². The molecule has 0 N–H and O–H groups in total. The summed E-state index contributed by atoms with van der Waals surface area (Å²) in [4.78, 5) is 25.9. The van der Waals surface area contributed by atoms with Crippen LogP contribution < -0.4 is 4.90 Å². The first-order valence-electron chi connectivity index (χ1n) is 6.55. The topological polar surface area (TPSA) is 63.2 Å². The van der Waals surface area contributed by atoms with Gasteiger partial charge in [-0.25, -0.2) is 4.90 Å². The maximum absolute atomic E-state index is 12.6. The first-order valence-corrected chi connectivity index (χ1v) is 7.75. The number of halogens is 1. The maximum atomic E-state index is 12.6. The molecule has 21 heavy (non-hydrogen) atoms. The lowest BCUT2D eigenvalue weighted by molar-refractivity contribution is -0.121. The Kier molecular flexibility index (Phi) is 3.73. The van der Waals surface area contributed by atoms with Gasteiger partial charge in [0, 0.05) is 11.4 Å². The minimum absolute atomic E-state index is 0.115. The molecule has 0 saturated carbocycles. The van der Waals surface area contributed by atoms with Crippen LogP contribution in [-0.2, 0) is 16.0 Å². The summed E-state index contributed by atoms with van der Waals surface area (Å²) in [6.45, 7) is 1.95. The molecule has 108 valence electrons. The molecule has 1 fully saturated rings. The number of anilines is 1. The smallest absolute Gasteiger partial charge is 0.243 e. The number of rotatable bonds is 3. The number of aryl methyl sites for hydroxylation is 1. The molecule has 1 unspecified atom stereocenters. The van der Waals surface area contributed by atoms with E-state index in [1.807, 2.05) is 13.0 Å². The minimum Gasteiger partial charge on any atom is -0.274 e. The van der Waals surface area contributed by atoms with Crippen LogP contribution >= 0.6 is 22.9 Å². The standard InChI is InChI=1S/C14H12ClN3O2S/c1-2-11-16-17-14(21-11)18-12(19)7-9(13(18)20)8-5-3-4-6-10(8)15/h3-6,9H,2,7H2,1H3. The molecule has 2 amide bonds. The molecular weight excluding hydrogens is 310 g/mol. The molecule has 5 nitrogen and oxygen atoms in total. The first-order chi connectivity index (χ1) is 10.1. The van der Waals surface area contributed by atoms with Gasteiger partial charge in [0.1, 0.15) is 5.01 Å². The number of benzene rings is 1. The molecular formula is C14H12ClN3O2S. The molecule has 1 aliphatic rings. The van der Waals surface area contributed by atoms with Crippen LogP contribution in [0.25, 0.3) is 0 Å². The average molecular weight is 322 g/mol. The summed E-state index contributed by atoms with van der Waals surface area (Å²) >= 11 is 7.40.